The Morgan fingerprint density at radius 3 is 2.19 bits per heavy atom. The highest BCUT2D eigenvalue weighted by Gasteiger charge is 2.08. The second-order valence-electron chi connectivity index (χ2n) is 6.47. The number of allylic oxidation sites excluding steroid dienone is 1. The Labute approximate surface area is 166 Å². The molecular weight excluding hydrogens is 348 g/mol. The van der Waals surface area contributed by atoms with E-state index in [9.17, 15) is 0 Å². The van der Waals surface area contributed by atoms with Gasteiger partial charge in [0.2, 0.25) is 0 Å². The number of hydrogen-bond acceptors (Lipinski definition) is 1. The van der Waals surface area contributed by atoms with Crippen LogP contribution in [0.5, 0.6) is 0 Å². The highest BCUT2D eigenvalue weighted by atomic mass is 32.1. The first kappa shape index (κ1) is 18.9. The summed E-state index contributed by atoms with van der Waals surface area (Å²) in [4.78, 5) is 2.01. The van der Waals surface area contributed by atoms with Crippen LogP contribution in [0.1, 0.15) is 12.0 Å². The number of hydrogen-bond donors (Lipinski definition) is 1. The predicted molar refractivity (Wildman–Crippen MR) is 123 cm³/mol. The second-order valence-corrected chi connectivity index (χ2v) is 6.85. The van der Waals surface area contributed by atoms with E-state index in [2.05, 4.69) is 79.1 Å². The van der Waals surface area contributed by atoms with Crippen molar-refractivity contribution in [1.82, 2.24) is 10.2 Å². The fraction of sp³-hybridized carbons (Fsp3) is 0.125. The third-order valence-electron chi connectivity index (χ3n) is 4.60. The van der Waals surface area contributed by atoms with E-state index in [0.717, 1.165) is 18.7 Å². The summed E-state index contributed by atoms with van der Waals surface area (Å²) >= 11 is 5.53. The SMILES string of the molecule is C=CCCN(C)C(=S)N/C(C=C)=C/c1c2ccccc2cc2ccccc12. The molecule has 0 aliphatic heterocycles. The van der Waals surface area contributed by atoms with Gasteiger partial charge < -0.3 is 10.2 Å². The third-order valence-corrected chi connectivity index (χ3v) is 5.01. The monoisotopic (exact) mass is 372 g/mol. The lowest BCUT2D eigenvalue weighted by atomic mass is 9.96. The van der Waals surface area contributed by atoms with Gasteiger partial charge in [0.25, 0.3) is 0 Å². The molecule has 1 N–H and O–H groups in total. The minimum absolute atomic E-state index is 0.674. The third kappa shape index (κ3) is 4.26. The van der Waals surface area contributed by atoms with Crippen molar-refractivity contribution >= 4 is 45.0 Å². The van der Waals surface area contributed by atoms with Crippen LogP contribution in [0, 0.1) is 0 Å². The van der Waals surface area contributed by atoms with Gasteiger partial charge in [-0.15, -0.1) is 6.58 Å². The van der Waals surface area contributed by atoms with Gasteiger partial charge >= 0.3 is 0 Å². The van der Waals surface area contributed by atoms with Crippen LogP contribution >= 0.6 is 12.2 Å². The Bertz CT molecular complexity index is 979. The lowest BCUT2D eigenvalue weighted by molar-refractivity contribution is 0.509. The Balaban J connectivity index is 2.04. The Morgan fingerprint density at radius 1 is 1.04 bits per heavy atom. The molecule has 0 amide bonds. The fourth-order valence-corrected chi connectivity index (χ4v) is 3.32. The molecule has 2 nitrogen and oxygen atoms in total. The lowest BCUT2D eigenvalue weighted by Gasteiger charge is -2.21. The first-order valence-electron chi connectivity index (χ1n) is 9.01. The molecule has 3 rings (SSSR count). The minimum Gasteiger partial charge on any atom is -0.352 e. The van der Waals surface area contributed by atoms with Crippen LogP contribution in [0.2, 0.25) is 0 Å². The molecule has 0 saturated heterocycles. The molecule has 3 aromatic rings. The van der Waals surface area contributed by atoms with Gasteiger partial charge in [-0.2, -0.15) is 0 Å². The number of benzene rings is 3. The second kappa shape index (κ2) is 8.65. The van der Waals surface area contributed by atoms with E-state index in [1.54, 1.807) is 0 Å². The average molecular weight is 373 g/mol. The van der Waals surface area contributed by atoms with Crippen molar-refractivity contribution in [2.75, 3.05) is 13.6 Å². The summed E-state index contributed by atoms with van der Waals surface area (Å²) < 4.78 is 0. The summed E-state index contributed by atoms with van der Waals surface area (Å²) in [5.41, 5.74) is 2.05. The van der Waals surface area contributed by atoms with E-state index in [1.807, 2.05) is 24.1 Å². The molecule has 0 aromatic heterocycles. The van der Waals surface area contributed by atoms with Gasteiger partial charge in [0, 0.05) is 19.3 Å². The molecule has 0 aliphatic rings. The number of nitrogens with one attached hydrogen (secondary N) is 1. The summed E-state index contributed by atoms with van der Waals surface area (Å²) in [5, 5.41) is 8.85. The van der Waals surface area contributed by atoms with E-state index in [0.29, 0.717) is 5.11 Å². The van der Waals surface area contributed by atoms with Crippen LogP contribution in [-0.2, 0) is 0 Å². The van der Waals surface area contributed by atoms with Crippen molar-refractivity contribution in [3.63, 3.8) is 0 Å². The molecule has 0 aliphatic carbocycles. The lowest BCUT2D eigenvalue weighted by Crippen LogP contribution is -2.36. The topological polar surface area (TPSA) is 15.3 Å². The standard InChI is InChI=1S/C24H24N2S/c1-4-6-15-26(3)24(27)25-20(5-2)17-23-21-13-9-7-11-18(21)16-19-12-8-10-14-22(19)23/h4-5,7-14,16-17H,1-2,6,15H2,3H3,(H,25,27)/b20-17+. The molecule has 27 heavy (non-hydrogen) atoms. The van der Waals surface area contributed by atoms with Gasteiger partial charge in [-0.25, -0.2) is 0 Å². The van der Waals surface area contributed by atoms with Crippen LogP contribution in [0.3, 0.4) is 0 Å². The predicted octanol–water partition coefficient (Wildman–Crippen LogP) is 5.90. The normalized spacial score (nSPS) is 11.4. The van der Waals surface area contributed by atoms with Crippen molar-refractivity contribution in [2.24, 2.45) is 0 Å². The maximum atomic E-state index is 5.53. The maximum Gasteiger partial charge on any atom is 0.173 e. The van der Waals surface area contributed by atoms with Gasteiger partial charge in [-0.05, 0) is 64.0 Å². The van der Waals surface area contributed by atoms with Crippen LogP contribution in [0.15, 0.2) is 85.6 Å². The van der Waals surface area contributed by atoms with Crippen molar-refractivity contribution in [1.29, 1.82) is 0 Å². The van der Waals surface area contributed by atoms with E-state index in [4.69, 9.17) is 12.2 Å². The smallest absolute Gasteiger partial charge is 0.173 e. The van der Waals surface area contributed by atoms with Gasteiger partial charge in [-0.1, -0.05) is 61.2 Å². The molecule has 136 valence electrons. The van der Waals surface area contributed by atoms with Crippen LogP contribution in [0.25, 0.3) is 27.6 Å². The zero-order valence-corrected chi connectivity index (χ0v) is 16.4. The Hall–Kier alpha value is -2.91. The number of thiocarbonyl (C=S) groups is 1. The maximum absolute atomic E-state index is 5.53. The van der Waals surface area contributed by atoms with Crippen molar-refractivity contribution in [2.45, 2.75) is 6.42 Å². The number of rotatable bonds is 6. The molecule has 0 fully saturated rings. The minimum atomic E-state index is 0.674. The summed E-state index contributed by atoms with van der Waals surface area (Å²) in [6.07, 6.45) is 6.72. The molecule has 0 radical (unpaired) electrons. The first-order chi connectivity index (χ1) is 13.1. The molecule has 0 unspecified atom stereocenters. The zero-order valence-electron chi connectivity index (χ0n) is 15.6. The molecule has 0 saturated carbocycles. The van der Waals surface area contributed by atoms with Crippen molar-refractivity contribution < 1.29 is 0 Å². The van der Waals surface area contributed by atoms with Gasteiger partial charge in [0.05, 0.1) is 0 Å². The summed E-state index contributed by atoms with van der Waals surface area (Å²) in [5.74, 6) is 0. The van der Waals surface area contributed by atoms with E-state index in [-0.39, 0.29) is 0 Å². The van der Waals surface area contributed by atoms with Crippen LogP contribution in [-0.4, -0.2) is 23.6 Å². The number of fused-ring (bicyclic) bond motifs is 2. The molecule has 3 aromatic carbocycles. The average Bonchev–Trinajstić information content (AvgIpc) is 2.70. The summed E-state index contributed by atoms with van der Waals surface area (Å²) in [6.45, 7) is 8.56. The molecule has 0 heterocycles. The number of nitrogens with zero attached hydrogens (tertiary/aromatic N) is 1. The van der Waals surface area contributed by atoms with Crippen molar-refractivity contribution in [3.8, 4) is 0 Å². The quantitative estimate of drug-likeness (QED) is 0.251. The van der Waals surface area contributed by atoms with Crippen molar-refractivity contribution in [3.05, 3.63) is 91.2 Å². The Morgan fingerprint density at radius 2 is 1.63 bits per heavy atom. The summed E-state index contributed by atoms with van der Waals surface area (Å²) in [7, 11) is 1.98. The molecule has 0 spiro atoms. The van der Waals surface area contributed by atoms with Crippen LogP contribution < -0.4 is 5.32 Å². The largest absolute Gasteiger partial charge is 0.352 e. The molecule has 0 atom stereocenters. The van der Waals surface area contributed by atoms with Gasteiger partial charge in [0.1, 0.15) is 0 Å². The van der Waals surface area contributed by atoms with Crippen LogP contribution in [0.4, 0.5) is 0 Å². The Kier molecular flexibility index (Phi) is 6.05. The van der Waals surface area contributed by atoms with Gasteiger partial charge in [0.15, 0.2) is 5.11 Å². The highest BCUT2D eigenvalue weighted by Crippen LogP contribution is 2.30. The van der Waals surface area contributed by atoms with E-state index in [1.165, 1.54) is 27.1 Å². The molecule has 0 bridgehead atoms. The molecule has 3 heteroatoms. The first-order valence-corrected chi connectivity index (χ1v) is 9.42. The highest BCUT2D eigenvalue weighted by molar-refractivity contribution is 7.80. The summed E-state index contributed by atoms with van der Waals surface area (Å²) in [6, 6.07) is 19.1. The fourth-order valence-electron chi connectivity index (χ4n) is 3.11. The molecular formula is C24H24N2S. The van der Waals surface area contributed by atoms with E-state index >= 15 is 0 Å². The zero-order chi connectivity index (χ0) is 19.2. The van der Waals surface area contributed by atoms with Gasteiger partial charge in [-0.3, -0.25) is 0 Å². The van der Waals surface area contributed by atoms with E-state index < -0.39 is 0 Å².